The minimum Gasteiger partial charge on any atom is -0.400 e. The molecule has 1 aromatic carbocycles. The second-order valence-corrected chi connectivity index (χ2v) is 7.95. The number of hydrogen-bond donors (Lipinski definition) is 1. The van der Waals surface area contributed by atoms with Crippen molar-refractivity contribution in [2.45, 2.75) is 4.90 Å². The van der Waals surface area contributed by atoms with Crippen LogP contribution in [0.5, 0.6) is 5.88 Å². The van der Waals surface area contributed by atoms with Crippen LogP contribution < -0.4 is 9.46 Å². The molecule has 0 bridgehead atoms. The summed E-state index contributed by atoms with van der Waals surface area (Å²) in [6.45, 7) is 0. The minimum atomic E-state index is -4.22. The van der Waals surface area contributed by atoms with E-state index < -0.39 is 21.9 Å². The van der Waals surface area contributed by atoms with Gasteiger partial charge in [0.15, 0.2) is 5.15 Å². The summed E-state index contributed by atoms with van der Waals surface area (Å²) in [5, 5.41) is -0.230. The molecule has 144 valence electrons. The Labute approximate surface area is 174 Å². The highest BCUT2D eigenvalue weighted by Crippen LogP contribution is 2.31. The van der Waals surface area contributed by atoms with Gasteiger partial charge in [-0.25, -0.2) is 18.2 Å². The van der Waals surface area contributed by atoms with E-state index in [1.165, 1.54) is 42.7 Å². The Hall–Kier alpha value is -2.46. The Kier molecular flexibility index (Phi) is 5.99. The Bertz CT molecular complexity index is 1140. The summed E-state index contributed by atoms with van der Waals surface area (Å²) in [6, 6.07) is 6.93. The average molecular weight is 460 g/mol. The number of carbonyl (C=O) groups excluding carboxylic acids is 1. The maximum Gasteiger partial charge on any atom is 0.345 e. The molecule has 2 aromatic heterocycles. The van der Waals surface area contributed by atoms with Crippen LogP contribution in [-0.4, -0.2) is 29.3 Å². The van der Waals surface area contributed by atoms with E-state index >= 15 is 0 Å². The van der Waals surface area contributed by atoms with Gasteiger partial charge in [-0.2, -0.15) is 4.98 Å². The lowest BCUT2D eigenvalue weighted by atomic mass is 10.3. The number of ether oxygens (including phenoxy) is 1. The standard InChI is InChI=1S/C16H9Cl3N4O4S/c17-10-2-1-3-11(13(10)19)28(25,26)23-14-15(22-12(18)8-21-14)27-16(24)9-4-6-20-7-5-9/h1-8H,(H,21,23). The molecule has 8 nitrogen and oxygen atoms in total. The molecule has 0 saturated heterocycles. The predicted molar refractivity (Wildman–Crippen MR) is 104 cm³/mol. The predicted octanol–water partition coefficient (Wildman–Crippen LogP) is 3.85. The van der Waals surface area contributed by atoms with Crippen LogP contribution in [0.15, 0.2) is 53.8 Å². The molecule has 0 fully saturated rings. The molecular formula is C16H9Cl3N4O4S. The average Bonchev–Trinajstić information content (AvgIpc) is 2.66. The molecule has 12 heteroatoms. The van der Waals surface area contributed by atoms with Gasteiger partial charge in [0, 0.05) is 12.4 Å². The highest BCUT2D eigenvalue weighted by molar-refractivity contribution is 7.92. The zero-order valence-electron chi connectivity index (χ0n) is 13.6. The Balaban J connectivity index is 1.95. The highest BCUT2D eigenvalue weighted by atomic mass is 35.5. The first-order valence-electron chi connectivity index (χ1n) is 7.39. The second-order valence-electron chi connectivity index (χ2n) is 5.13. The van der Waals surface area contributed by atoms with E-state index in [1.54, 1.807) is 0 Å². The van der Waals surface area contributed by atoms with Crippen molar-refractivity contribution in [2.24, 2.45) is 0 Å². The van der Waals surface area contributed by atoms with Crippen LogP contribution in [0.25, 0.3) is 0 Å². The van der Waals surface area contributed by atoms with Crippen LogP contribution in [0.2, 0.25) is 15.2 Å². The summed E-state index contributed by atoms with van der Waals surface area (Å²) in [5.74, 6) is -1.60. The number of rotatable bonds is 5. The zero-order chi connectivity index (χ0) is 20.3. The number of nitrogens with zero attached hydrogens (tertiary/aromatic N) is 3. The maximum atomic E-state index is 12.7. The quantitative estimate of drug-likeness (QED) is 0.577. The lowest BCUT2D eigenvalue weighted by Crippen LogP contribution is -2.17. The summed E-state index contributed by atoms with van der Waals surface area (Å²) < 4.78 is 32.6. The largest absolute Gasteiger partial charge is 0.400 e. The molecule has 0 amide bonds. The fraction of sp³-hybridized carbons (Fsp3) is 0. The second kappa shape index (κ2) is 8.27. The molecule has 0 unspecified atom stereocenters. The number of sulfonamides is 1. The molecule has 3 aromatic rings. The van der Waals surface area contributed by atoms with Gasteiger partial charge in [-0.3, -0.25) is 9.71 Å². The number of halogens is 3. The normalized spacial score (nSPS) is 11.1. The number of esters is 1. The van der Waals surface area contributed by atoms with Crippen molar-refractivity contribution in [3.8, 4) is 5.88 Å². The van der Waals surface area contributed by atoms with E-state index in [9.17, 15) is 13.2 Å². The Morgan fingerprint density at radius 3 is 2.50 bits per heavy atom. The van der Waals surface area contributed by atoms with Crippen molar-refractivity contribution in [3.63, 3.8) is 0 Å². The van der Waals surface area contributed by atoms with E-state index in [0.717, 1.165) is 6.20 Å². The first-order valence-corrected chi connectivity index (χ1v) is 10.0. The van der Waals surface area contributed by atoms with Gasteiger partial charge in [-0.05, 0) is 24.3 Å². The summed E-state index contributed by atoms with van der Waals surface area (Å²) in [4.78, 5) is 23.4. The molecule has 0 aliphatic rings. The van der Waals surface area contributed by atoms with Gasteiger partial charge < -0.3 is 4.74 Å². The third kappa shape index (κ3) is 4.50. The monoisotopic (exact) mass is 458 g/mol. The van der Waals surface area contributed by atoms with Gasteiger partial charge in [0.05, 0.1) is 21.8 Å². The van der Waals surface area contributed by atoms with Crippen molar-refractivity contribution < 1.29 is 17.9 Å². The molecule has 28 heavy (non-hydrogen) atoms. The van der Waals surface area contributed by atoms with E-state index in [4.69, 9.17) is 39.5 Å². The first kappa shape index (κ1) is 20.3. The molecule has 1 N–H and O–H groups in total. The Morgan fingerprint density at radius 2 is 1.79 bits per heavy atom. The number of nitrogens with one attached hydrogen (secondary N) is 1. The lowest BCUT2D eigenvalue weighted by molar-refractivity contribution is 0.0728. The summed E-state index contributed by atoms with van der Waals surface area (Å²) in [6.07, 6.45) is 3.87. The molecule has 0 aliphatic heterocycles. The number of carbonyl (C=O) groups is 1. The number of aromatic nitrogens is 3. The van der Waals surface area contributed by atoms with Crippen molar-refractivity contribution in [1.29, 1.82) is 0 Å². The fourth-order valence-electron chi connectivity index (χ4n) is 2.00. The third-order valence-electron chi connectivity index (χ3n) is 3.25. The molecule has 0 atom stereocenters. The van der Waals surface area contributed by atoms with Gasteiger partial charge in [-0.15, -0.1) is 0 Å². The molecule has 0 radical (unpaired) electrons. The van der Waals surface area contributed by atoms with Crippen molar-refractivity contribution >= 4 is 56.6 Å². The van der Waals surface area contributed by atoms with Gasteiger partial charge in [0.25, 0.3) is 15.9 Å². The molecular weight excluding hydrogens is 451 g/mol. The molecule has 3 rings (SSSR count). The van der Waals surface area contributed by atoms with Crippen molar-refractivity contribution in [3.05, 3.63) is 69.7 Å². The third-order valence-corrected chi connectivity index (χ3v) is 5.75. The first-order chi connectivity index (χ1) is 13.3. The fourth-order valence-corrected chi connectivity index (χ4v) is 3.90. The SMILES string of the molecule is O=C(Oc1nc(Cl)cnc1NS(=O)(=O)c1cccc(Cl)c1Cl)c1ccncc1. The van der Waals surface area contributed by atoms with E-state index in [0.29, 0.717) is 0 Å². The van der Waals surface area contributed by atoms with Crippen molar-refractivity contribution in [1.82, 2.24) is 15.0 Å². The van der Waals surface area contributed by atoms with Crippen LogP contribution in [-0.2, 0) is 10.0 Å². The van der Waals surface area contributed by atoms with E-state index in [1.807, 2.05) is 0 Å². The van der Waals surface area contributed by atoms with E-state index in [2.05, 4.69) is 19.7 Å². The number of anilines is 1. The van der Waals surface area contributed by atoms with Crippen LogP contribution in [0.4, 0.5) is 5.82 Å². The molecule has 0 spiro atoms. The molecule has 0 saturated carbocycles. The summed E-state index contributed by atoms with van der Waals surface area (Å²) in [5.41, 5.74) is 0.170. The summed E-state index contributed by atoms with van der Waals surface area (Å²) >= 11 is 17.6. The van der Waals surface area contributed by atoms with Gasteiger partial charge in [-0.1, -0.05) is 40.9 Å². The maximum absolute atomic E-state index is 12.7. The number of pyridine rings is 1. The molecule has 2 heterocycles. The minimum absolute atomic E-state index is 0.0519. The number of benzene rings is 1. The van der Waals surface area contributed by atoms with Crippen LogP contribution >= 0.6 is 34.8 Å². The number of hydrogen-bond acceptors (Lipinski definition) is 7. The zero-order valence-corrected chi connectivity index (χ0v) is 16.7. The van der Waals surface area contributed by atoms with Gasteiger partial charge in [0.2, 0.25) is 5.82 Å². The topological polar surface area (TPSA) is 111 Å². The molecule has 0 aliphatic carbocycles. The van der Waals surface area contributed by atoms with Crippen LogP contribution in [0, 0.1) is 0 Å². The lowest BCUT2D eigenvalue weighted by Gasteiger charge is -2.12. The van der Waals surface area contributed by atoms with Gasteiger partial charge in [0.1, 0.15) is 4.90 Å². The van der Waals surface area contributed by atoms with Crippen LogP contribution in [0.1, 0.15) is 10.4 Å². The van der Waals surface area contributed by atoms with Crippen LogP contribution in [0.3, 0.4) is 0 Å². The van der Waals surface area contributed by atoms with Crippen molar-refractivity contribution in [2.75, 3.05) is 4.72 Å². The van der Waals surface area contributed by atoms with E-state index in [-0.39, 0.29) is 31.5 Å². The summed E-state index contributed by atoms with van der Waals surface area (Å²) in [7, 11) is -4.22. The Morgan fingerprint density at radius 1 is 1.07 bits per heavy atom. The highest BCUT2D eigenvalue weighted by Gasteiger charge is 2.24. The smallest absolute Gasteiger partial charge is 0.345 e. The van der Waals surface area contributed by atoms with Gasteiger partial charge >= 0.3 is 5.97 Å².